The molecule has 1 saturated carbocycles. The molecule has 7 nitrogen and oxygen atoms in total. The lowest BCUT2D eigenvalue weighted by atomic mass is 9.88. The Labute approximate surface area is 188 Å². The Morgan fingerprint density at radius 1 is 0.969 bits per heavy atom. The fraction of sp³-hybridized carbons (Fsp3) is 0.652. The zero-order valence-electron chi connectivity index (χ0n) is 19.8. The lowest BCUT2D eigenvalue weighted by Gasteiger charge is -2.24. The Kier molecular flexibility index (Phi) is 7.15. The van der Waals surface area contributed by atoms with E-state index in [4.69, 9.17) is 19.4 Å². The summed E-state index contributed by atoms with van der Waals surface area (Å²) in [5, 5.41) is 0. The van der Waals surface area contributed by atoms with Crippen molar-refractivity contribution in [2.45, 2.75) is 84.7 Å². The van der Waals surface area contributed by atoms with Crippen molar-refractivity contribution in [2.75, 3.05) is 13.2 Å². The third kappa shape index (κ3) is 5.07. The fourth-order valence-corrected chi connectivity index (χ4v) is 3.92. The summed E-state index contributed by atoms with van der Waals surface area (Å²) >= 11 is 0. The van der Waals surface area contributed by atoms with Gasteiger partial charge in [0.15, 0.2) is 0 Å². The summed E-state index contributed by atoms with van der Waals surface area (Å²) in [6, 6.07) is 0. The van der Waals surface area contributed by atoms with Crippen LogP contribution in [0.2, 0.25) is 0 Å². The van der Waals surface area contributed by atoms with E-state index >= 15 is 0 Å². The number of alkyl halides is 2. The van der Waals surface area contributed by atoms with Crippen LogP contribution in [0.4, 0.5) is 8.78 Å². The highest BCUT2D eigenvalue weighted by atomic mass is 19.3. The number of halogens is 2. The number of ether oxygens (including phenoxy) is 3. The Balaban J connectivity index is 2.02. The molecule has 0 radical (unpaired) electrons. The van der Waals surface area contributed by atoms with Gasteiger partial charge in [0.2, 0.25) is 17.6 Å². The van der Waals surface area contributed by atoms with Crippen LogP contribution in [0.25, 0.3) is 0 Å². The summed E-state index contributed by atoms with van der Waals surface area (Å²) in [6.45, 7) is 11.8. The highest BCUT2D eigenvalue weighted by molar-refractivity contribution is 5.44. The topological polar surface area (TPSA) is 79.3 Å². The van der Waals surface area contributed by atoms with Gasteiger partial charge in [-0.15, -0.1) is 0 Å². The van der Waals surface area contributed by atoms with Crippen LogP contribution in [0.15, 0.2) is 6.33 Å². The van der Waals surface area contributed by atoms with E-state index in [-0.39, 0.29) is 29.0 Å². The van der Waals surface area contributed by atoms with E-state index in [1.54, 1.807) is 0 Å². The Morgan fingerprint density at radius 3 is 2.03 bits per heavy atom. The molecule has 1 fully saturated rings. The van der Waals surface area contributed by atoms with Gasteiger partial charge in [-0.2, -0.15) is 18.7 Å². The minimum Gasteiger partial charge on any atom is -0.478 e. The summed E-state index contributed by atoms with van der Waals surface area (Å²) < 4.78 is 42.2. The molecule has 2 unspecified atom stereocenters. The van der Waals surface area contributed by atoms with E-state index in [2.05, 4.69) is 35.5 Å². The first kappa shape index (κ1) is 24.1. The molecule has 32 heavy (non-hydrogen) atoms. The predicted octanol–water partition coefficient (Wildman–Crippen LogP) is 5.36. The van der Waals surface area contributed by atoms with Gasteiger partial charge in [0, 0.05) is 17.4 Å². The van der Waals surface area contributed by atoms with Gasteiger partial charge >= 0.3 is 6.61 Å². The molecule has 1 aliphatic carbocycles. The van der Waals surface area contributed by atoms with Crippen molar-refractivity contribution in [3.63, 3.8) is 0 Å². The van der Waals surface area contributed by atoms with Crippen molar-refractivity contribution in [1.82, 2.24) is 19.9 Å². The maximum Gasteiger partial charge on any atom is 0.388 e. The average Bonchev–Trinajstić information content (AvgIpc) is 3.47. The second kappa shape index (κ2) is 9.50. The molecule has 0 bridgehead atoms. The van der Waals surface area contributed by atoms with Crippen LogP contribution < -0.4 is 14.2 Å². The van der Waals surface area contributed by atoms with Gasteiger partial charge in [0.25, 0.3) is 0 Å². The molecule has 2 aromatic heterocycles. The summed E-state index contributed by atoms with van der Waals surface area (Å²) in [7, 11) is 0. The summed E-state index contributed by atoms with van der Waals surface area (Å²) in [5.74, 6) is 1.47. The number of aromatic nitrogens is 4. The smallest absolute Gasteiger partial charge is 0.388 e. The zero-order valence-corrected chi connectivity index (χ0v) is 19.8. The molecule has 0 aromatic carbocycles. The van der Waals surface area contributed by atoms with E-state index in [0.717, 1.165) is 12.0 Å². The normalized spacial score (nSPS) is 18.2. The van der Waals surface area contributed by atoms with Gasteiger partial charge in [-0.25, -0.2) is 9.97 Å². The maximum absolute atomic E-state index is 12.9. The van der Waals surface area contributed by atoms with Crippen molar-refractivity contribution in [2.24, 2.45) is 0 Å². The molecule has 1 aliphatic rings. The van der Waals surface area contributed by atoms with E-state index in [1.807, 2.05) is 27.7 Å². The minimum absolute atomic E-state index is 0.0140. The first-order valence-electron chi connectivity index (χ1n) is 11.1. The van der Waals surface area contributed by atoms with E-state index in [9.17, 15) is 8.78 Å². The fourth-order valence-electron chi connectivity index (χ4n) is 3.92. The Hall–Kier alpha value is -2.58. The minimum atomic E-state index is -2.94. The quantitative estimate of drug-likeness (QED) is 0.509. The molecular weight excluding hydrogens is 418 g/mol. The van der Waals surface area contributed by atoms with Crippen molar-refractivity contribution in [1.29, 1.82) is 0 Å². The Bertz CT molecular complexity index is 920. The molecule has 2 atom stereocenters. The average molecular weight is 451 g/mol. The van der Waals surface area contributed by atoms with E-state index < -0.39 is 6.61 Å². The third-order valence-corrected chi connectivity index (χ3v) is 5.30. The number of hydrogen-bond donors (Lipinski definition) is 0. The molecule has 2 heterocycles. The van der Waals surface area contributed by atoms with Crippen LogP contribution in [0.3, 0.4) is 0 Å². The molecule has 0 saturated heterocycles. The van der Waals surface area contributed by atoms with Crippen LogP contribution in [0.1, 0.15) is 95.3 Å². The molecule has 176 valence electrons. The van der Waals surface area contributed by atoms with Gasteiger partial charge in [-0.1, -0.05) is 34.6 Å². The monoisotopic (exact) mass is 450 g/mol. The first-order chi connectivity index (χ1) is 15.1. The van der Waals surface area contributed by atoms with Crippen molar-refractivity contribution in [3.05, 3.63) is 29.0 Å². The van der Waals surface area contributed by atoms with E-state index in [1.165, 1.54) is 6.33 Å². The molecule has 0 spiro atoms. The third-order valence-electron chi connectivity index (χ3n) is 5.30. The highest BCUT2D eigenvalue weighted by Crippen LogP contribution is 2.56. The van der Waals surface area contributed by atoms with Gasteiger partial charge < -0.3 is 14.2 Å². The first-order valence-corrected chi connectivity index (χ1v) is 11.1. The molecule has 2 aromatic rings. The summed E-state index contributed by atoms with van der Waals surface area (Å²) in [6.07, 6.45) is 2.02. The standard InChI is InChI=1S/C23H32F2N4O3/c1-8-30-20-16(23(5,6)7)21(31-9-2)29-18(28-20)14-10-13(14)17-15(12(3)4)19(27-11-26-17)32-22(24)25/h11-14,22H,8-10H2,1-7H3. The number of nitrogens with zero attached hydrogens (tertiary/aromatic N) is 4. The van der Waals surface area contributed by atoms with Crippen molar-refractivity contribution in [3.8, 4) is 17.6 Å². The van der Waals surface area contributed by atoms with Crippen LogP contribution in [0.5, 0.6) is 17.6 Å². The summed E-state index contributed by atoms with van der Waals surface area (Å²) in [5.41, 5.74) is 1.87. The predicted molar refractivity (Wildman–Crippen MR) is 116 cm³/mol. The highest BCUT2D eigenvalue weighted by Gasteiger charge is 2.46. The second-order valence-electron chi connectivity index (χ2n) is 9.14. The summed E-state index contributed by atoms with van der Waals surface area (Å²) in [4.78, 5) is 17.9. The second-order valence-corrected chi connectivity index (χ2v) is 9.14. The number of rotatable bonds is 9. The van der Waals surface area contributed by atoms with Crippen LogP contribution >= 0.6 is 0 Å². The van der Waals surface area contributed by atoms with E-state index in [0.29, 0.717) is 42.1 Å². The number of hydrogen-bond acceptors (Lipinski definition) is 7. The SMILES string of the molecule is CCOc1nc(C2CC2c2ncnc(OC(F)F)c2C(C)C)nc(OCC)c1C(C)(C)C. The van der Waals surface area contributed by atoms with Crippen molar-refractivity contribution >= 4 is 0 Å². The molecule has 0 aliphatic heterocycles. The van der Waals surface area contributed by atoms with Crippen LogP contribution in [-0.4, -0.2) is 39.8 Å². The maximum atomic E-state index is 12.9. The van der Waals surface area contributed by atoms with Gasteiger partial charge in [0.1, 0.15) is 12.2 Å². The Morgan fingerprint density at radius 2 is 1.56 bits per heavy atom. The van der Waals surface area contributed by atoms with Crippen molar-refractivity contribution < 1.29 is 23.0 Å². The van der Waals surface area contributed by atoms with Crippen LogP contribution in [-0.2, 0) is 5.41 Å². The van der Waals surface area contributed by atoms with Crippen LogP contribution in [0, 0.1) is 0 Å². The largest absolute Gasteiger partial charge is 0.478 e. The van der Waals surface area contributed by atoms with Gasteiger partial charge in [0.05, 0.1) is 24.5 Å². The molecule has 3 rings (SSSR count). The lowest BCUT2D eigenvalue weighted by molar-refractivity contribution is -0.0537. The molecule has 9 heteroatoms. The lowest BCUT2D eigenvalue weighted by Crippen LogP contribution is -2.19. The van der Waals surface area contributed by atoms with Gasteiger partial charge in [-0.05, 0) is 31.6 Å². The van der Waals surface area contributed by atoms with Gasteiger partial charge in [-0.3, -0.25) is 0 Å². The molecule has 0 amide bonds. The molecule has 0 N–H and O–H groups in total. The molecular formula is C23H32F2N4O3. The zero-order chi connectivity index (χ0) is 23.6.